The van der Waals surface area contributed by atoms with Gasteiger partial charge in [-0.1, -0.05) is 45.7 Å². The molecule has 0 radical (unpaired) electrons. The van der Waals surface area contributed by atoms with Gasteiger partial charge in [-0.15, -0.1) is 0 Å². The van der Waals surface area contributed by atoms with Crippen LogP contribution in [0.2, 0.25) is 0 Å². The summed E-state index contributed by atoms with van der Waals surface area (Å²) in [6, 6.07) is 7.37. The van der Waals surface area contributed by atoms with Gasteiger partial charge in [0.1, 0.15) is 5.17 Å². The Labute approximate surface area is 72.7 Å². The summed E-state index contributed by atoms with van der Waals surface area (Å²) < 4.78 is 0.856. The van der Waals surface area contributed by atoms with Crippen molar-refractivity contribution in [1.29, 1.82) is 5.41 Å². The first-order valence-corrected chi connectivity index (χ1v) is 3.88. The molecule has 3 heteroatoms. The fraction of sp³-hybridized carbons (Fsp3) is 0. The Morgan fingerprint density at radius 1 is 1.40 bits per heavy atom. The molecule has 10 heavy (non-hydrogen) atoms. The first-order valence-electron chi connectivity index (χ1n) is 2.71. The summed E-state index contributed by atoms with van der Waals surface area (Å²) >= 11 is 8.73. The Kier molecular flexibility index (Phi) is 2.46. The maximum Gasteiger partial charge on any atom is 0.129 e. The molecule has 0 atom stereocenters. The lowest BCUT2D eigenvalue weighted by Crippen LogP contribution is -1.88. The summed E-state index contributed by atoms with van der Waals surface area (Å²) in [5, 5.41) is 7.17. The van der Waals surface area contributed by atoms with E-state index in [0.29, 0.717) is 0 Å². The molecule has 0 amide bonds. The molecule has 1 nitrogen and oxygen atoms in total. The minimum atomic E-state index is 0.0625. The molecule has 1 rings (SSSR count). The van der Waals surface area contributed by atoms with E-state index in [2.05, 4.69) is 15.9 Å². The summed E-state index contributed by atoms with van der Waals surface area (Å²) in [5.74, 6) is 0. The van der Waals surface area contributed by atoms with E-state index in [1.54, 1.807) is 6.07 Å². The zero-order valence-corrected chi connectivity index (χ0v) is 7.41. The van der Waals surface area contributed by atoms with Crippen LogP contribution < -0.4 is 0 Å². The third-order valence-corrected chi connectivity index (χ3v) is 2.01. The van der Waals surface area contributed by atoms with Crippen LogP contribution in [0.3, 0.4) is 0 Å². The van der Waals surface area contributed by atoms with Gasteiger partial charge >= 0.3 is 0 Å². The van der Waals surface area contributed by atoms with Crippen LogP contribution >= 0.6 is 27.5 Å². The van der Waals surface area contributed by atoms with Gasteiger partial charge in [-0.2, -0.15) is 0 Å². The summed E-state index contributed by atoms with van der Waals surface area (Å²) in [6.07, 6.45) is 0. The monoisotopic (exact) mass is 217 g/mol. The second kappa shape index (κ2) is 3.17. The smallest absolute Gasteiger partial charge is 0.129 e. The van der Waals surface area contributed by atoms with Gasteiger partial charge in [-0.05, 0) is 6.07 Å². The highest BCUT2D eigenvalue weighted by atomic mass is 79.9. The van der Waals surface area contributed by atoms with Crippen LogP contribution in [0, 0.1) is 5.41 Å². The van der Waals surface area contributed by atoms with Crippen LogP contribution in [0.1, 0.15) is 5.56 Å². The lowest BCUT2D eigenvalue weighted by atomic mass is 10.2. The van der Waals surface area contributed by atoms with Crippen molar-refractivity contribution in [1.82, 2.24) is 0 Å². The molecule has 0 aliphatic carbocycles. The predicted molar refractivity (Wildman–Crippen MR) is 46.8 cm³/mol. The van der Waals surface area contributed by atoms with E-state index < -0.39 is 0 Å². The minimum Gasteiger partial charge on any atom is -0.289 e. The van der Waals surface area contributed by atoms with Gasteiger partial charge in [0.25, 0.3) is 0 Å². The van der Waals surface area contributed by atoms with E-state index in [1.165, 1.54) is 0 Å². The molecule has 0 aliphatic rings. The lowest BCUT2D eigenvalue weighted by molar-refractivity contribution is 1.51. The Bertz CT molecular complexity index is 260. The van der Waals surface area contributed by atoms with Crippen molar-refractivity contribution in [3.63, 3.8) is 0 Å². The van der Waals surface area contributed by atoms with Crippen LogP contribution in [-0.2, 0) is 0 Å². The average molecular weight is 218 g/mol. The molecule has 0 saturated heterocycles. The molecule has 0 heterocycles. The van der Waals surface area contributed by atoms with Gasteiger partial charge in [0.15, 0.2) is 0 Å². The number of hydrogen-bond donors (Lipinski definition) is 1. The predicted octanol–water partition coefficient (Wildman–Crippen LogP) is 3.01. The molecule has 0 spiro atoms. The standard InChI is InChI=1S/C7H5BrClN/c8-6-4-2-1-3-5(6)7(9)10/h1-4,10H. The normalized spacial score (nSPS) is 9.40. The number of rotatable bonds is 1. The van der Waals surface area contributed by atoms with E-state index in [0.717, 1.165) is 10.0 Å². The van der Waals surface area contributed by atoms with Gasteiger partial charge in [-0.25, -0.2) is 0 Å². The van der Waals surface area contributed by atoms with Crippen LogP contribution in [0.15, 0.2) is 28.7 Å². The molecule has 1 aromatic rings. The number of nitrogens with one attached hydrogen (secondary N) is 1. The Balaban J connectivity index is 3.15. The van der Waals surface area contributed by atoms with Gasteiger partial charge in [0.2, 0.25) is 0 Å². The maximum atomic E-state index is 7.11. The van der Waals surface area contributed by atoms with Crippen LogP contribution in [0.25, 0.3) is 0 Å². The van der Waals surface area contributed by atoms with Crippen molar-refractivity contribution in [2.45, 2.75) is 0 Å². The molecule has 1 aromatic carbocycles. The number of halogens is 2. The Morgan fingerprint density at radius 3 is 2.40 bits per heavy atom. The topological polar surface area (TPSA) is 23.9 Å². The summed E-state index contributed by atoms with van der Waals surface area (Å²) in [5.41, 5.74) is 0.726. The molecule has 52 valence electrons. The van der Waals surface area contributed by atoms with Gasteiger partial charge in [-0.3, -0.25) is 5.41 Å². The van der Waals surface area contributed by atoms with E-state index in [1.807, 2.05) is 18.2 Å². The van der Waals surface area contributed by atoms with Gasteiger partial charge in [0, 0.05) is 10.0 Å². The first-order chi connectivity index (χ1) is 4.72. The van der Waals surface area contributed by atoms with Crippen LogP contribution in [-0.4, -0.2) is 5.17 Å². The fourth-order valence-corrected chi connectivity index (χ4v) is 1.40. The molecule has 0 aromatic heterocycles. The molecule has 0 saturated carbocycles. The van der Waals surface area contributed by atoms with Crippen molar-refractivity contribution >= 4 is 32.7 Å². The quantitative estimate of drug-likeness (QED) is 0.701. The van der Waals surface area contributed by atoms with Crippen molar-refractivity contribution in [3.05, 3.63) is 34.3 Å². The number of hydrogen-bond acceptors (Lipinski definition) is 1. The fourth-order valence-electron chi connectivity index (χ4n) is 0.639. The first kappa shape index (κ1) is 7.76. The second-order valence-corrected chi connectivity index (χ2v) is 3.03. The molecular formula is C7H5BrClN. The van der Waals surface area contributed by atoms with E-state index in [-0.39, 0.29) is 5.17 Å². The van der Waals surface area contributed by atoms with Crippen molar-refractivity contribution in [2.24, 2.45) is 0 Å². The Morgan fingerprint density at radius 2 is 2.00 bits per heavy atom. The van der Waals surface area contributed by atoms with E-state index in [9.17, 15) is 0 Å². The summed E-state index contributed by atoms with van der Waals surface area (Å²) in [7, 11) is 0. The van der Waals surface area contributed by atoms with Crippen LogP contribution in [0.5, 0.6) is 0 Å². The Hall–Kier alpha value is -0.340. The zero-order chi connectivity index (χ0) is 7.56. The lowest BCUT2D eigenvalue weighted by Gasteiger charge is -1.96. The largest absolute Gasteiger partial charge is 0.289 e. The molecule has 0 aliphatic heterocycles. The number of benzene rings is 1. The van der Waals surface area contributed by atoms with Crippen LogP contribution in [0.4, 0.5) is 0 Å². The van der Waals surface area contributed by atoms with Crippen molar-refractivity contribution in [2.75, 3.05) is 0 Å². The van der Waals surface area contributed by atoms with Crippen molar-refractivity contribution in [3.8, 4) is 0 Å². The minimum absolute atomic E-state index is 0.0625. The third-order valence-electron chi connectivity index (χ3n) is 1.11. The average Bonchev–Trinajstić information content (AvgIpc) is 1.88. The molecule has 0 bridgehead atoms. The molecule has 0 unspecified atom stereocenters. The molecule has 1 N–H and O–H groups in total. The van der Waals surface area contributed by atoms with E-state index >= 15 is 0 Å². The van der Waals surface area contributed by atoms with Gasteiger partial charge < -0.3 is 0 Å². The SMILES string of the molecule is N=C(Cl)c1ccccc1Br. The molecule has 0 fully saturated rings. The third kappa shape index (κ3) is 1.58. The van der Waals surface area contributed by atoms with E-state index in [4.69, 9.17) is 17.0 Å². The van der Waals surface area contributed by atoms with Gasteiger partial charge in [0.05, 0.1) is 0 Å². The maximum absolute atomic E-state index is 7.11. The highest BCUT2D eigenvalue weighted by Crippen LogP contribution is 2.17. The summed E-state index contributed by atoms with van der Waals surface area (Å²) in [4.78, 5) is 0. The second-order valence-electron chi connectivity index (χ2n) is 1.79. The summed E-state index contributed by atoms with van der Waals surface area (Å²) in [6.45, 7) is 0. The molecular weight excluding hydrogens is 213 g/mol. The zero-order valence-electron chi connectivity index (χ0n) is 5.07. The highest BCUT2D eigenvalue weighted by molar-refractivity contribution is 9.10. The highest BCUT2D eigenvalue weighted by Gasteiger charge is 1.99. The van der Waals surface area contributed by atoms with Crippen molar-refractivity contribution < 1.29 is 0 Å².